The minimum atomic E-state index is 0.774. The quantitative estimate of drug-likeness (QED) is 0.600. The van der Waals surface area contributed by atoms with Crippen LogP contribution in [0.3, 0.4) is 0 Å². The van der Waals surface area contributed by atoms with Crippen LogP contribution in [0.2, 0.25) is 0 Å². The molecule has 11 heavy (non-hydrogen) atoms. The normalized spacial score (nSPS) is 31.7. The van der Waals surface area contributed by atoms with Crippen molar-refractivity contribution in [3.8, 4) is 0 Å². The van der Waals surface area contributed by atoms with Gasteiger partial charge in [-0.15, -0.1) is 0 Å². The monoisotopic (exact) mass is 153 g/mol. The Morgan fingerprint density at radius 3 is 2.91 bits per heavy atom. The summed E-state index contributed by atoms with van der Waals surface area (Å²) in [7, 11) is 2.04. The Hall–Kier alpha value is -0.300. The first-order chi connectivity index (χ1) is 5.24. The van der Waals surface area contributed by atoms with E-state index in [0.717, 1.165) is 11.8 Å². The van der Waals surface area contributed by atoms with E-state index in [0.29, 0.717) is 0 Å². The fourth-order valence-corrected chi connectivity index (χ4v) is 1.89. The van der Waals surface area contributed by atoms with Crippen molar-refractivity contribution < 1.29 is 0 Å². The molecule has 64 valence electrons. The second-order valence-corrected chi connectivity index (χ2v) is 3.73. The zero-order valence-corrected chi connectivity index (χ0v) is 7.85. The van der Waals surface area contributed by atoms with Crippen molar-refractivity contribution in [1.82, 2.24) is 5.32 Å². The van der Waals surface area contributed by atoms with Gasteiger partial charge in [0.25, 0.3) is 0 Å². The fraction of sp³-hybridized carbons (Fsp3) is 0.800. The molecule has 0 bridgehead atoms. The van der Waals surface area contributed by atoms with E-state index in [2.05, 4.69) is 25.2 Å². The van der Waals surface area contributed by atoms with E-state index in [1.165, 1.54) is 19.4 Å². The number of hydrogen-bond acceptors (Lipinski definition) is 1. The van der Waals surface area contributed by atoms with E-state index >= 15 is 0 Å². The highest BCUT2D eigenvalue weighted by Crippen LogP contribution is 2.27. The number of allylic oxidation sites excluding steroid dienone is 2. The van der Waals surface area contributed by atoms with Gasteiger partial charge in [0.2, 0.25) is 0 Å². The molecule has 1 N–H and O–H groups in total. The molecule has 0 heterocycles. The topological polar surface area (TPSA) is 12.0 Å². The van der Waals surface area contributed by atoms with Gasteiger partial charge < -0.3 is 5.32 Å². The molecule has 0 saturated heterocycles. The van der Waals surface area contributed by atoms with E-state index in [1.54, 1.807) is 5.57 Å². The summed E-state index contributed by atoms with van der Waals surface area (Å²) in [6.07, 6.45) is 5.09. The Kier molecular flexibility index (Phi) is 3.13. The average Bonchev–Trinajstić information content (AvgIpc) is 1.95. The smallest absolute Gasteiger partial charge is 0.00179 e. The van der Waals surface area contributed by atoms with Gasteiger partial charge in [-0.05, 0) is 45.2 Å². The molecule has 0 fully saturated rings. The van der Waals surface area contributed by atoms with Crippen molar-refractivity contribution >= 4 is 0 Å². The molecular formula is C10H19N. The van der Waals surface area contributed by atoms with Gasteiger partial charge in [-0.25, -0.2) is 0 Å². The third-order valence-electron chi connectivity index (χ3n) is 2.67. The van der Waals surface area contributed by atoms with Gasteiger partial charge in [0.1, 0.15) is 0 Å². The Balaban J connectivity index is 2.46. The van der Waals surface area contributed by atoms with E-state index in [-0.39, 0.29) is 0 Å². The first-order valence-corrected chi connectivity index (χ1v) is 4.56. The number of rotatable bonds is 2. The Morgan fingerprint density at radius 1 is 1.64 bits per heavy atom. The highest BCUT2D eigenvalue weighted by molar-refractivity contribution is 5.06. The zero-order valence-electron chi connectivity index (χ0n) is 7.85. The maximum atomic E-state index is 3.25. The summed E-state index contributed by atoms with van der Waals surface area (Å²) >= 11 is 0. The summed E-state index contributed by atoms with van der Waals surface area (Å²) < 4.78 is 0. The molecule has 0 aromatic carbocycles. The molecule has 0 spiro atoms. The molecule has 0 aromatic rings. The van der Waals surface area contributed by atoms with E-state index in [1.807, 2.05) is 7.05 Å². The molecule has 0 amide bonds. The minimum Gasteiger partial charge on any atom is -0.319 e. The summed E-state index contributed by atoms with van der Waals surface area (Å²) in [4.78, 5) is 0. The molecule has 0 aromatic heterocycles. The molecule has 2 atom stereocenters. The van der Waals surface area contributed by atoms with Crippen LogP contribution in [0, 0.1) is 11.8 Å². The van der Waals surface area contributed by atoms with Crippen molar-refractivity contribution in [2.45, 2.75) is 26.7 Å². The lowest BCUT2D eigenvalue weighted by Crippen LogP contribution is -2.25. The van der Waals surface area contributed by atoms with Gasteiger partial charge in [0, 0.05) is 0 Å². The standard InChI is InChI=1S/C10H19N/c1-8-4-5-10(7-11-3)9(2)6-8/h6,9-11H,4-5,7H2,1-3H3. The third-order valence-corrected chi connectivity index (χ3v) is 2.67. The van der Waals surface area contributed by atoms with Crippen molar-refractivity contribution in [2.75, 3.05) is 13.6 Å². The van der Waals surface area contributed by atoms with Crippen LogP contribution in [0.4, 0.5) is 0 Å². The molecule has 1 nitrogen and oxygen atoms in total. The fourth-order valence-electron chi connectivity index (χ4n) is 1.89. The molecule has 0 radical (unpaired) electrons. The van der Waals surface area contributed by atoms with Crippen LogP contribution >= 0.6 is 0 Å². The first kappa shape index (κ1) is 8.79. The number of hydrogen-bond donors (Lipinski definition) is 1. The molecule has 1 heteroatoms. The summed E-state index contributed by atoms with van der Waals surface area (Å²) in [5.74, 6) is 1.64. The van der Waals surface area contributed by atoms with E-state index in [9.17, 15) is 0 Å². The summed E-state index contributed by atoms with van der Waals surface area (Å²) in [5, 5.41) is 3.25. The molecule has 1 aliphatic carbocycles. The van der Waals surface area contributed by atoms with Crippen LogP contribution in [-0.2, 0) is 0 Å². The third kappa shape index (κ3) is 2.33. The van der Waals surface area contributed by atoms with Gasteiger partial charge in [-0.2, -0.15) is 0 Å². The lowest BCUT2D eigenvalue weighted by molar-refractivity contribution is 0.360. The average molecular weight is 153 g/mol. The van der Waals surface area contributed by atoms with Crippen LogP contribution in [-0.4, -0.2) is 13.6 Å². The summed E-state index contributed by atoms with van der Waals surface area (Å²) in [6.45, 7) is 5.74. The predicted octanol–water partition coefficient (Wildman–Crippen LogP) is 2.20. The SMILES string of the molecule is CNCC1CCC(C)=CC1C. The molecule has 2 unspecified atom stereocenters. The van der Waals surface area contributed by atoms with Crippen LogP contribution in [0.25, 0.3) is 0 Å². The van der Waals surface area contributed by atoms with Crippen LogP contribution < -0.4 is 5.32 Å². The second-order valence-electron chi connectivity index (χ2n) is 3.73. The Labute approximate surface area is 69.9 Å². The molecule has 1 aliphatic rings. The zero-order chi connectivity index (χ0) is 8.27. The molecule has 1 rings (SSSR count). The van der Waals surface area contributed by atoms with Crippen molar-refractivity contribution in [1.29, 1.82) is 0 Å². The second kappa shape index (κ2) is 3.91. The van der Waals surface area contributed by atoms with E-state index in [4.69, 9.17) is 0 Å². The highest BCUT2D eigenvalue weighted by Gasteiger charge is 2.18. The van der Waals surface area contributed by atoms with E-state index < -0.39 is 0 Å². The minimum absolute atomic E-state index is 0.774. The summed E-state index contributed by atoms with van der Waals surface area (Å²) in [6, 6.07) is 0. The Morgan fingerprint density at radius 2 is 2.36 bits per heavy atom. The van der Waals surface area contributed by atoms with Gasteiger partial charge in [-0.1, -0.05) is 18.6 Å². The summed E-state index contributed by atoms with van der Waals surface area (Å²) in [5.41, 5.74) is 1.57. The predicted molar refractivity (Wildman–Crippen MR) is 49.6 cm³/mol. The van der Waals surface area contributed by atoms with Crippen LogP contribution in [0.5, 0.6) is 0 Å². The van der Waals surface area contributed by atoms with Gasteiger partial charge in [0.05, 0.1) is 0 Å². The molecule has 0 aliphatic heterocycles. The maximum absolute atomic E-state index is 3.25. The van der Waals surface area contributed by atoms with Gasteiger partial charge >= 0.3 is 0 Å². The maximum Gasteiger partial charge on any atom is -0.00179 e. The first-order valence-electron chi connectivity index (χ1n) is 4.56. The molecular weight excluding hydrogens is 134 g/mol. The lowest BCUT2D eigenvalue weighted by atomic mass is 9.82. The lowest BCUT2D eigenvalue weighted by Gasteiger charge is -2.26. The van der Waals surface area contributed by atoms with Crippen molar-refractivity contribution in [2.24, 2.45) is 11.8 Å². The van der Waals surface area contributed by atoms with Crippen molar-refractivity contribution in [3.05, 3.63) is 11.6 Å². The van der Waals surface area contributed by atoms with Gasteiger partial charge in [0.15, 0.2) is 0 Å². The van der Waals surface area contributed by atoms with Crippen molar-refractivity contribution in [3.63, 3.8) is 0 Å². The van der Waals surface area contributed by atoms with Crippen LogP contribution in [0.15, 0.2) is 11.6 Å². The molecule has 0 saturated carbocycles. The Bertz CT molecular complexity index is 149. The largest absolute Gasteiger partial charge is 0.319 e. The number of nitrogens with one attached hydrogen (secondary N) is 1. The highest BCUT2D eigenvalue weighted by atomic mass is 14.8. The van der Waals surface area contributed by atoms with Crippen LogP contribution in [0.1, 0.15) is 26.7 Å². The van der Waals surface area contributed by atoms with Gasteiger partial charge in [-0.3, -0.25) is 0 Å².